The Bertz CT molecular complexity index is 353. The Morgan fingerprint density at radius 1 is 1.33 bits per heavy atom. The number of nitrogens with zero attached hydrogens (tertiary/aromatic N) is 1. The highest BCUT2D eigenvalue weighted by Crippen LogP contribution is 2.14. The zero-order valence-corrected chi connectivity index (χ0v) is 10.8. The molecule has 0 amide bonds. The average Bonchev–Trinajstić information content (AvgIpc) is 2.45. The van der Waals surface area contributed by atoms with E-state index in [4.69, 9.17) is 4.74 Å². The Morgan fingerprint density at radius 3 is 2.94 bits per heavy atom. The van der Waals surface area contributed by atoms with Gasteiger partial charge >= 0.3 is 0 Å². The van der Waals surface area contributed by atoms with Crippen LogP contribution in [0, 0.1) is 5.92 Å². The summed E-state index contributed by atoms with van der Waals surface area (Å²) in [6, 6.07) is 9.90. The third-order valence-corrected chi connectivity index (χ3v) is 3.37. The van der Waals surface area contributed by atoms with Gasteiger partial charge in [0.25, 0.3) is 0 Å². The lowest BCUT2D eigenvalue weighted by molar-refractivity contribution is -0.112. The number of hydrogen-bond acceptors (Lipinski definition) is 3. The molecule has 3 nitrogen and oxygen atoms in total. The maximum Gasteiger partial charge on any atom is 0.124 e. The molecule has 1 aromatic rings. The second kappa shape index (κ2) is 7.17. The van der Waals surface area contributed by atoms with Crippen LogP contribution in [-0.2, 0) is 4.79 Å². The third-order valence-electron chi connectivity index (χ3n) is 3.37. The van der Waals surface area contributed by atoms with E-state index < -0.39 is 0 Å². The van der Waals surface area contributed by atoms with Crippen LogP contribution in [-0.4, -0.2) is 37.4 Å². The van der Waals surface area contributed by atoms with Crippen molar-refractivity contribution in [3.05, 3.63) is 30.3 Å². The summed E-state index contributed by atoms with van der Waals surface area (Å²) < 4.78 is 5.65. The minimum absolute atomic E-state index is 0.244. The standard InChI is InChI=1S/C15H21NO2/c17-13-14-6-4-9-16(12-14)10-5-11-18-15-7-2-1-3-8-15/h1-3,7-8,13-14H,4-6,9-12H2. The number of piperidine rings is 1. The van der Waals surface area contributed by atoms with Crippen molar-refractivity contribution in [1.29, 1.82) is 0 Å². The first kappa shape index (κ1) is 13.1. The first-order valence-corrected chi connectivity index (χ1v) is 6.74. The van der Waals surface area contributed by atoms with Crippen LogP contribution in [0.2, 0.25) is 0 Å². The number of carbonyl (C=O) groups is 1. The number of rotatable bonds is 6. The molecule has 1 atom stereocenters. The molecule has 0 saturated carbocycles. The van der Waals surface area contributed by atoms with E-state index in [0.717, 1.165) is 57.5 Å². The van der Waals surface area contributed by atoms with Gasteiger partial charge in [-0.1, -0.05) is 18.2 Å². The van der Waals surface area contributed by atoms with Gasteiger partial charge in [0.1, 0.15) is 12.0 Å². The van der Waals surface area contributed by atoms with Gasteiger partial charge in [-0.3, -0.25) is 0 Å². The molecule has 18 heavy (non-hydrogen) atoms. The molecule has 1 aliphatic rings. The molecule has 2 rings (SSSR count). The molecule has 0 aliphatic carbocycles. The van der Waals surface area contributed by atoms with Crippen molar-refractivity contribution in [2.75, 3.05) is 26.2 Å². The molecule has 98 valence electrons. The predicted octanol–water partition coefficient (Wildman–Crippen LogP) is 2.37. The fourth-order valence-corrected chi connectivity index (χ4v) is 2.40. The second-order valence-corrected chi connectivity index (χ2v) is 4.85. The molecule has 0 N–H and O–H groups in total. The van der Waals surface area contributed by atoms with Crippen LogP contribution in [0.3, 0.4) is 0 Å². The van der Waals surface area contributed by atoms with E-state index in [2.05, 4.69) is 4.90 Å². The number of ether oxygens (including phenoxy) is 1. The van der Waals surface area contributed by atoms with Crippen LogP contribution in [0.4, 0.5) is 0 Å². The fourth-order valence-electron chi connectivity index (χ4n) is 2.40. The Hall–Kier alpha value is -1.35. The van der Waals surface area contributed by atoms with E-state index in [-0.39, 0.29) is 5.92 Å². The minimum atomic E-state index is 0.244. The first-order chi connectivity index (χ1) is 8.88. The maximum absolute atomic E-state index is 10.8. The van der Waals surface area contributed by atoms with E-state index in [1.807, 2.05) is 30.3 Å². The molecule has 0 spiro atoms. The number of aldehydes is 1. The number of para-hydroxylation sites is 1. The van der Waals surface area contributed by atoms with Crippen molar-refractivity contribution in [3.63, 3.8) is 0 Å². The van der Waals surface area contributed by atoms with Crippen molar-refractivity contribution in [2.45, 2.75) is 19.3 Å². The molecule has 0 radical (unpaired) electrons. The summed E-state index contributed by atoms with van der Waals surface area (Å²) in [7, 11) is 0. The minimum Gasteiger partial charge on any atom is -0.494 e. The van der Waals surface area contributed by atoms with Gasteiger partial charge in [0, 0.05) is 19.0 Å². The van der Waals surface area contributed by atoms with Crippen molar-refractivity contribution in [1.82, 2.24) is 4.90 Å². The SMILES string of the molecule is O=CC1CCCN(CCCOc2ccccc2)C1. The lowest BCUT2D eigenvalue weighted by Gasteiger charge is -2.29. The molecule has 1 unspecified atom stereocenters. The molecule has 1 aliphatic heterocycles. The number of carbonyl (C=O) groups excluding carboxylic acids is 1. The third kappa shape index (κ3) is 4.15. The zero-order valence-electron chi connectivity index (χ0n) is 10.8. The van der Waals surface area contributed by atoms with E-state index in [9.17, 15) is 4.79 Å². The van der Waals surface area contributed by atoms with Crippen LogP contribution in [0.1, 0.15) is 19.3 Å². The zero-order chi connectivity index (χ0) is 12.6. The maximum atomic E-state index is 10.8. The summed E-state index contributed by atoms with van der Waals surface area (Å²) in [5, 5.41) is 0. The van der Waals surface area contributed by atoms with E-state index in [1.54, 1.807) is 0 Å². The molecule has 1 saturated heterocycles. The molecule has 0 aromatic heterocycles. The molecule has 1 aromatic carbocycles. The number of hydrogen-bond donors (Lipinski definition) is 0. The lowest BCUT2D eigenvalue weighted by atomic mass is 10.00. The van der Waals surface area contributed by atoms with Gasteiger partial charge in [0.05, 0.1) is 6.61 Å². The Kier molecular flexibility index (Phi) is 5.21. The van der Waals surface area contributed by atoms with Gasteiger partial charge in [0.2, 0.25) is 0 Å². The average molecular weight is 247 g/mol. The molecular weight excluding hydrogens is 226 g/mol. The van der Waals surface area contributed by atoms with Crippen LogP contribution in [0.15, 0.2) is 30.3 Å². The van der Waals surface area contributed by atoms with Crippen LogP contribution >= 0.6 is 0 Å². The van der Waals surface area contributed by atoms with Crippen molar-refractivity contribution in [2.24, 2.45) is 5.92 Å². The Balaban J connectivity index is 1.62. The Morgan fingerprint density at radius 2 is 2.17 bits per heavy atom. The molecule has 3 heteroatoms. The van der Waals surface area contributed by atoms with Crippen LogP contribution in [0.25, 0.3) is 0 Å². The highest BCUT2D eigenvalue weighted by molar-refractivity contribution is 5.53. The lowest BCUT2D eigenvalue weighted by Crippen LogP contribution is -2.37. The van der Waals surface area contributed by atoms with Crippen molar-refractivity contribution in [3.8, 4) is 5.75 Å². The summed E-state index contributed by atoms with van der Waals surface area (Å²) in [6.45, 7) is 3.81. The summed E-state index contributed by atoms with van der Waals surface area (Å²) in [6.07, 6.45) is 4.32. The van der Waals surface area contributed by atoms with Gasteiger partial charge in [-0.05, 0) is 37.9 Å². The normalized spacial score (nSPS) is 20.6. The number of likely N-dealkylation sites (tertiary alicyclic amines) is 1. The molecule has 0 bridgehead atoms. The van der Waals surface area contributed by atoms with Crippen LogP contribution < -0.4 is 4.74 Å². The Labute approximate surface area is 109 Å². The topological polar surface area (TPSA) is 29.5 Å². The fraction of sp³-hybridized carbons (Fsp3) is 0.533. The van der Waals surface area contributed by atoms with E-state index >= 15 is 0 Å². The predicted molar refractivity (Wildman–Crippen MR) is 71.8 cm³/mol. The van der Waals surface area contributed by atoms with Crippen molar-refractivity contribution < 1.29 is 9.53 Å². The number of benzene rings is 1. The first-order valence-electron chi connectivity index (χ1n) is 6.74. The van der Waals surface area contributed by atoms with Gasteiger partial charge < -0.3 is 14.4 Å². The van der Waals surface area contributed by atoms with Gasteiger partial charge in [0.15, 0.2) is 0 Å². The van der Waals surface area contributed by atoms with Gasteiger partial charge in [-0.25, -0.2) is 0 Å². The largest absolute Gasteiger partial charge is 0.494 e. The summed E-state index contributed by atoms with van der Waals surface area (Å²) in [5.74, 6) is 1.18. The van der Waals surface area contributed by atoms with Crippen LogP contribution in [0.5, 0.6) is 5.75 Å². The summed E-state index contributed by atoms with van der Waals surface area (Å²) in [4.78, 5) is 13.1. The van der Waals surface area contributed by atoms with Gasteiger partial charge in [-0.15, -0.1) is 0 Å². The summed E-state index contributed by atoms with van der Waals surface area (Å²) in [5.41, 5.74) is 0. The second-order valence-electron chi connectivity index (χ2n) is 4.85. The van der Waals surface area contributed by atoms with E-state index in [0.29, 0.717) is 0 Å². The highest BCUT2D eigenvalue weighted by Gasteiger charge is 2.18. The van der Waals surface area contributed by atoms with Gasteiger partial charge in [-0.2, -0.15) is 0 Å². The molecule has 1 heterocycles. The monoisotopic (exact) mass is 247 g/mol. The quantitative estimate of drug-likeness (QED) is 0.571. The molecule has 1 fully saturated rings. The van der Waals surface area contributed by atoms with E-state index in [1.165, 1.54) is 0 Å². The smallest absolute Gasteiger partial charge is 0.124 e. The summed E-state index contributed by atoms with van der Waals surface area (Å²) >= 11 is 0. The van der Waals surface area contributed by atoms with Crippen molar-refractivity contribution >= 4 is 6.29 Å². The highest BCUT2D eigenvalue weighted by atomic mass is 16.5. The molecular formula is C15H21NO2.